The van der Waals surface area contributed by atoms with Crippen molar-refractivity contribution in [2.24, 2.45) is 5.16 Å². The largest absolute Gasteiger partial charge is 0.411 e. The van der Waals surface area contributed by atoms with Crippen molar-refractivity contribution in [3.8, 4) is 0 Å². The van der Waals surface area contributed by atoms with Crippen LogP contribution in [0.3, 0.4) is 0 Å². The van der Waals surface area contributed by atoms with Crippen LogP contribution in [0.1, 0.15) is 12.6 Å². The van der Waals surface area contributed by atoms with Crippen LogP contribution in [0.15, 0.2) is 23.6 Å². The van der Waals surface area contributed by atoms with Crippen LogP contribution in [0.2, 0.25) is 0 Å². The molecule has 2 heterocycles. The van der Waals surface area contributed by atoms with Crippen molar-refractivity contribution in [3.05, 3.63) is 30.0 Å². The van der Waals surface area contributed by atoms with Crippen molar-refractivity contribution >= 4 is 16.6 Å². The van der Waals surface area contributed by atoms with Crippen molar-refractivity contribution in [2.45, 2.75) is 6.92 Å². The highest BCUT2D eigenvalue weighted by Gasteiger charge is 2.10. The summed E-state index contributed by atoms with van der Waals surface area (Å²) in [4.78, 5) is 6.70. The third-order valence-electron chi connectivity index (χ3n) is 2.04. The van der Waals surface area contributed by atoms with Crippen LogP contribution in [0.25, 0.3) is 10.9 Å². The van der Waals surface area contributed by atoms with Crippen LogP contribution >= 0.6 is 0 Å². The van der Waals surface area contributed by atoms with Crippen LogP contribution < -0.4 is 0 Å². The van der Waals surface area contributed by atoms with E-state index >= 15 is 0 Å². The Morgan fingerprint density at radius 3 is 3.14 bits per heavy atom. The molecular weight excluding hydrogens is 185 g/mol. The smallest absolute Gasteiger partial charge is 0.150 e. The van der Waals surface area contributed by atoms with Gasteiger partial charge in [-0.25, -0.2) is 9.37 Å². The molecule has 5 heteroatoms. The Kier molecular flexibility index (Phi) is 1.92. The molecule has 0 aliphatic carbocycles. The summed E-state index contributed by atoms with van der Waals surface area (Å²) < 4.78 is 13.2. The first kappa shape index (κ1) is 8.68. The number of fused-ring (bicyclic) bond motifs is 1. The molecule has 2 aromatic rings. The lowest BCUT2D eigenvalue weighted by Gasteiger charge is -2.00. The lowest BCUT2D eigenvalue weighted by atomic mass is 10.2. The van der Waals surface area contributed by atoms with E-state index < -0.39 is 5.82 Å². The van der Waals surface area contributed by atoms with Gasteiger partial charge in [-0.05, 0) is 13.0 Å². The number of pyridine rings is 1. The zero-order valence-corrected chi connectivity index (χ0v) is 7.45. The van der Waals surface area contributed by atoms with Gasteiger partial charge in [-0.2, -0.15) is 0 Å². The predicted molar refractivity (Wildman–Crippen MR) is 50.0 cm³/mol. The Labute approximate surface area is 79.1 Å². The summed E-state index contributed by atoms with van der Waals surface area (Å²) in [5.74, 6) is -0.393. The van der Waals surface area contributed by atoms with Gasteiger partial charge in [-0.15, -0.1) is 0 Å². The van der Waals surface area contributed by atoms with Crippen LogP contribution in [-0.2, 0) is 0 Å². The first-order chi connectivity index (χ1) is 6.74. The van der Waals surface area contributed by atoms with Crippen LogP contribution in [0.5, 0.6) is 0 Å². The van der Waals surface area contributed by atoms with E-state index in [2.05, 4.69) is 15.1 Å². The van der Waals surface area contributed by atoms with E-state index in [-0.39, 0.29) is 0 Å². The lowest BCUT2D eigenvalue weighted by Crippen LogP contribution is -2.00. The number of aromatic nitrogens is 2. The Hall–Kier alpha value is -1.91. The highest BCUT2D eigenvalue weighted by molar-refractivity contribution is 6.06. The molecule has 72 valence electrons. The number of rotatable bonds is 1. The zero-order valence-electron chi connectivity index (χ0n) is 7.45. The molecule has 0 aliphatic heterocycles. The molecule has 0 amide bonds. The maximum atomic E-state index is 13.2. The zero-order chi connectivity index (χ0) is 10.1. The molecule has 0 radical (unpaired) electrons. The van der Waals surface area contributed by atoms with Crippen molar-refractivity contribution in [1.82, 2.24) is 9.97 Å². The van der Waals surface area contributed by atoms with E-state index in [1.54, 1.807) is 19.2 Å². The van der Waals surface area contributed by atoms with Gasteiger partial charge in [-0.1, -0.05) is 5.16 Å². The molecule has 0 spiro atoms. The second kappa shape index (κ2) is 3.10. The summed E-state index contributed by atoms with van der Waals surface area (Å²) in [7, 11) is 0. The van der Waals surface area contributed by atoms with Gasteiger partial charge in [0.2, 0.25) is 0 Å². The predicted octanol–water partition coefficient (Wildman–Crippen LogP) is 1.90. The second-order valence-corrected chi connectivity index (χ2v) is 2.91. The number of nitrogens with zero attached hydrogens (tertiary/aromatic N) is 2. The van der Waals surface area contributed by atoms with E-state index in [1.807, 2.05) is 0 Å². The Bertz CT molecular complexity index is 504. The van der Waals surface area contributed by atoms with Gasteiger partial charge in [0, 0.05) is 11.6 Å². The molecule has 0 aliphatic rings. The molecule has 0 bridgehead atoms. The summed E-state index contributed by atoms with van der Waals surface area (Å²) in [6.45, 7) is 1.60. The lowest BCUT2D eigenvalue weighted by molar-refractivity contribution is 0.319. The minimum atomic E-state index is -0.393. The third kappa shape index (κ3) is 1.14. The molecule has 14 heavy (non-hydrogen) atoms. The monoisotopic (exact) mass is 193 g/mol. The maximum absolute atomic E-state index is 13.2. The first-order valence-electron chi connectivity index (χ1n) is 4.04. The van der Waals surface area contributed by atoms with E-state index in [0.29, 0.717) is 22.3 Å². The van der Waals surface area contributed by atoms with Gasteiger partial charge in [0.1, 0.15) is 11.4 Å². The van der Waals surface area contributed by atoms with Gasteiger partial charge in [0.15, 0.2) is 5.82 Å². The standard InChI is InChI=1S/C9H8FN3O/c1-5(13-14)8-9-6(2-3-11-9)7(10)4-12-8/h2-4,11,14H,1H3. The average molecular weight is 193 g/mol. The molecule has 0 unspecified atom stereocenters. The molecule has 2 N–H and O–H groups in total. The Morgan fingerprint density at radius 1 is 1.64 bits per heavy atom. The molecule has 0 saturated carbocycles. The Balaban J connectivity index is 2.79. The number of hydrogen-bond donors (Lipinski definition) is 2. The molecule has 4 nitrogen and oxygen atoms in total. The van der Waals surface area contributed by atoms with Gasteiger partial charge in [0.25, 0.3) is 0 Å². The summed E-state index contributed by atoms with van der Waals surface area (Å²) >= 11 is 0. The fourth-order valence-electron chi connectivity index (χ4n) is 1.34. The summed E-state index contributed by atoms with van der Waals surface area (Å²) in [5.41, 5.74) is 1.34. The molecular formula is C9H8FN3O. The molecule has 0 fully saturated rings. The molecule has 0 saturated heterocycles. The average Bonchev–Trinajstić information content (AvgIpc) is 2.67. The van der Waals surface area contributed by atoms with Crippen molar-refractivity contribution < 1.29 is 9.60 Å². The molecule has 2 aromatic heterocycles. The van der Waals surface area contributed by atoms with E-state index in [1.165, 1.54) is 0 Å². The Morgan fingerprint density at radius 2 is 2.43 bits per heavy atom. The second-order valence-electron chi connectivity index (χ2n) is 2.91. The van der Waals surface area contributed by atoms with Crippen LogP contribution in [0, 0.1) is 5.82 Å². The van der Waals surface area contributed by atoms with Gasteiger partial charge < -0.3 is 10.2 Å². The molecule has 0 aromatic carbocycles. The van der Waals surface area contributed by atoms with Crippen LogP contribution in [0.4, 0.5) is 4.39 Å². The number of nitrogens with one attached hydrogen (secondary N) is 1. The normalized spacial score (nSPS) is 12.3. The third-order valence-corrected chi connectivity index (χ3v) is 2.04. The van der Waals surface area contributed by atoms with Crippen molar-refractivity contribution in [1.29, 1.82) is 0 Å². The van der Waals surface area contributed by atoms with E-state index in [0.717, 1.165) is 6.20 Å². The number of oxime groups is 1. The van der Waals surface area contributed by atoms with Gasteiger partial charge in [-0.3, -0.25) is 0 Å². The highest BCUT2D eigenvalue weighted by Crippen LogP contribution is 2.18. The minimum Gasteiger partial charge on any atom is -0.411 e. The highest BCUT2D eigenvalue weighted by atomic mass is 19.1. The van der Waals surface area contributed by atoms with Gasteiger partial charge in [0.05, 0.1) is 11.7 Å². The maximum Gasteiger partial charge on any atom is 0.150 e. The fraction of sp³-hybridized carbons (Fsp3) is 0.111. The fourth-order valence-corrected chi connectivity index (χ4v) is 1.34. The molecule has 0 atom stereocenters. The molecule has 2 rings (SSSR count). The summed E-state index contributed by atoms with van der Waals surface area (Å²) in [6.07, 6.45) is 2.73. The van der Waals surface area contributed by atoms with E-state index in [9.17, 15) is 4.39 Å². The topological polar surface area (TPSA) is 61.3 Å². The minimum absolute atomic E-state index is 0.345. The quantitative estimate of drug-likeness (QED) is 0.412. The van der Waals surface area contributed by atoms with E-state index in [4.69, 9.17) is 5.21 Å². The number of hydrogen-bond acceptors (Lipinski definition) is 3. The van der Waals surface area contributed by atoms with Crippen molar-refractivity contribution in [3.63, 3.8) is 0 Å². The number of aromatic amines is 1. The number of H-pyrrole nitrogens is 1. The van der Waals surface area contributed by atoms with Gasteiger partial charge >= 0.3 is 0 Å². The first-order valence-corrected chi connectivity index (χ1v) is 4.04. The summed E-state index contributed by atoms with van der Waals surface area (Å²) in [5, 5.41) is 12.1. The summed E-state index contributed by atoms with van der Waals surface area (Å²) in [6, 6.07) is 1.61. The van der Waals surface area contributed by atoms with Crippen molar-refractivity contribution in [2.75, 3.05) is 0 Å². The SMILES string of the molecule is CC(=NO)c1ncc(F)c2cc[nH]c12. The number of halogens is 1. The van der Waals surface area contributed by atoms with Crippen LogP contribution in [-0.4, -0.2) is 20.9 Å².